The minimum Gasteiger partial charge on any atom is -0.274 e. The van der Waals surface area contributed by atoms with Crippen LogP contribution in [0.2, 0.25) is 0 Å². The molecule has 0 aliphatic carbocycles. The first kappa shape index (κ1) is 23.5. The smallest absolute Gasteiger partial charge is 0.274 e. The number of alkyl halides is 3. The molecule has 2 aromatic carbocycles. The molecule has 35 heavy (non-hydrogen) atoms. The monoisotopic (exact) mass is 536 g/mol. The molecule has 1 amide bonds. The lowest BCUT2D eigenvalue weighted by atomic mass is 10.1. The van der Waals surface area contributed by atoms with Crippen LogP contribution in [-0.4, -0.2) is 24.3 Å². The number of sulfonamides is 1. The quantitative estimate of drug-likeness (QED) is 0.364. The SMILES string of the molecule is O=C1Cc2cc(S(=O)(=O)Nc3nccs3)ccc2N1c1nc(Cc2ccc(C(F)(F)F)cc2)cs1. The van der Waals surface area contributed by atoms with E-state index in [1.807, 2.05) is 0 Å². The third kappa shape index (κ3) is 4.79. The predicted molar refractivity (Wildman–Crippen MR) is 127 cm³/mol. The average molecular weight is 537 g/mol. The summed E-state index contributed by atoms with van der Waals surface area (Å²) in [5.41, 5.74) is 1.64. The molecular formula is C22H15F3N4O3S3. The Balaban J connectivity index is 1.36. The van der Waals surface area contributed by atoms with Crippen LogP contribution in [0.4, 0.5) is 29.1 Å². The molecule has 2 aromatic heterocycles. The third-order valence-corrected chi connectivity index (χ3v) is 8.27. The number of amides is 1. The van der Waals surface area contributed by atoms with Crippen LogP contribution in [0, 0.1) is 0 Å². The summed E-state index contributed by atoms with van der Waals surface area (Å²) in [6, 6.07) is 9.29. The average Bonchev–Trinajstić information content (AvgIpc) is 3.52. The van der Waals surface area contributed by atoms with E-state index >= 15 is 0 Å². The largest absolute Gasteiger partial charge is 0.416 e. The van der Waals surface area contributed by atoms with E-state index in [-0.39, 0.29) is 22.4 Å². The van der Waals surface area contributed by atoms with Crippen LogP contribution in [0.3, 0.4) is 0 Å². The van der Waals surface area contributed by atoms with Gasteiger partial charge in [-0.1, -0.05) is 12.1 Å². The summed E-state index contributed by atoms with van der Waals surface area (Å²) in [4.78, 5) is 22.6. The molecule has 1 aliphatic rings. The van der Waals surface area contributed by atoms with E-state index in [1.54, 1.807) is 16.8 Å². The Kier molecular flexibility index (Phi) is 5.85. The van der Waals surface area contributed by atoms with Gasteiger partial charge in [-0.2, -0.15) is 13.2 Å². The second kappa shape index (κ2) is 8.73. The van der Waals surface area contributed by atoms with Crippen molar-refractivity contribution in [3.05, 3.63) is 81.8 Å². The topological polar surface area (TPSA) is 92.3 Å². The lowest BCUT2D eigenvalue weighted by Gasteiger charge is -2.14. The number of hydrogen-bond donors (Lipinski definition) is 1. The van der Waals surface area contributed by atoms with Crippen molar-refractivity contribution in [2.45, 2.75) is 23.9 Å². The van der Waals surface area contributed by atoms with Gasteiger partial charge in [0.05, 0.1) is 28.3 Å². The fourth-order valence-electron chi connectivity index (χ4n) is 3.62. The maximum atomic E-state index is 12.8. The molecule has 13 heteroatoms. The number of nitrogens with one attached hydrogen (secondary N) is 1. The Bertz CT molecular complexity index is 1500. The lowest BCUT2D eigenvalue weighted by Crippen LogP contribution is -2.20. The van der Waals surface area contributed by atoms with Crippen molar-refractivity contribution in [3.8, 4) is 0 Å². The molecule has 0 atom stereocenters. The van der Waals surface area contributed by atoms with Gasteiger partial charge >= 0.3 is 6.18 Å². The maximum absolute atomic E-state index is 12.8. The second-order valence-electron chi connectivity index (χ2n) is 7.63. The fraction of sp³-hybridized carbons (Fsp3) is 0.136. The minimum absolute atomic E-state index is 0.0169. The van der Waals surface area contributed by atoms with E-state index in [2.05, 4.69) is 14.7 Å². The molecule has 5 rings (SSSR count). The first-order valence-corrected chi connectivity index (χ1v) is 13.3. The number of benzene rings is 2. The van der Waals surface area contributed by atoms with E-state index in [9.17, 15) is 26.4 Å². The summed E-state index contributed by atoms with van der Waals surface area (Å²) in [5, 5.41) is 4.05. The summed E-state index contributed by atoms with van der Waals surface area (Å²) < 4.78 is 66.0. The molecule has 0 fully saturated rings. The molecule has 7 nitrogen and oxygen atoms in total. The summed E-state index contributed by atoms with van der Waals surface area (Å²) in [6.45, 7) is 0. The number of thiazole rings is 2. The van der Waals surface area contributed by atoms with Crippen molar-refractivity contribution in [3.63, 3.8) is 0 Å². The summed E-state index contributed by atoms with van der Waals surface area (Å²) in [6.07, 6.45) is -2.58. The molecule has 180 valence electrons. The molecule has 0 bridgehead atoms. The van der Waals surface area contributed by atoms with Gasteiger partial charge in [0.1, 0.15) is 0 Å². The van der Waals surface area contributed by atoms with Gasteiger partial charge in [-0.05, 0) is 41.5 Å². The zero-order chi connectivity index (χ0) is 24.8. The molecule has 0 radical (unpaired) electrons. The van der Waals surface area contributed by atoms with Crippen molar-refractivity contribution in [2.24, 2.45) is 0 Å². The van der Waals surface area contributed by atoms with E-state index in [4.69, 9.17) is 0 Å². The standard InChI is InChI=1S/C22H15F3N4O3S3/c23-22(24,25)15-3-1-13(2-4-15)9-16-12-34-21(27-16)29-18-6-5-17(10-14(18)11-19(29)30)35(31,32)28-20-26-7-8-33-20/h1-8,10,12H,9,11H2,(H,26,28). The van der Waals surface area contributed by atoms with Gasteiger partial charge in [0.2, 0.25) is 5.91 Å². The molecule has 0 spiro atoms. The highest BCUT2D eigenvalue weighted by Gasteiger charge is 2.32. The Hall–Kier alpha value is -3.29. The lowest BCUT2D eigenvalue weighted by molar-refractivity contribution is -0.137. The van der Waals surface area contributed by atoms with E-state index < -0.39 is 21.8 Å². The van der Waals surface area contributed by atoms with Crippen molar-refractivity contribution >= 4 is 54.6 Å². The van der Waals surface area contributed by atoms with Crippen molar-refractivity contribution < 1.29 is 26.4 Å². The van der Waals surface area contributed by atoms with Crippen LogP contribution in [0.25, 0.3) is 0 Å². The number of carbonyl (C=O) groups is 1. The highest BCUT2D eigenvalue weighted by atomic mass is 32.2. The molecule has 0 unspecified atom stereocenters. The number of rotatable bonds is 6. The number of hydrogen-bond acceptors (Lipinski definition) is 7. The van der Waals surface area contributed by atoms with Gasteiger partial charge in [0.15, 0.2) is 10.3 Å². The Morgan fingerprint density at radius 3 is 2.54 bits per heavy atom. The van der Waals surface area contributed by atoms with Crippen LogP contribution in [0.5, 0.6) is 0 Å². The van der Waals surface area contributed by atoms with Crippen molar-refractivity contribution in [1.82, 2.24) is 9.97 Å². The first-order chi connectivity index (χ1) is 16.6. The summed E-state index contributed by atoms with van der Waals surface area (Å²) in [5.74, 6) is -0.252. The van der Waals surface area contributed by atoms with Crippen LogP contribution >= 0.6 is 22.7 Å². The second-order valence-corrected chi connectivity index (χ2v) is 11.0. The number of fused-ring (bicyclic) bond motifs is 1. The molecule has 1 aliphatic heterocycles. The van der Waals surface area contributed by atoms with Gasteiger partial charge in [-0.15, -0.1) is 22.7 Å². The molecular weight excluding hydrogens is 521 g/mol. The van der Waals surface area contributed by atoms with Gasteiger partial charge < -0.3 is 0 Å². The summed E-state index contributed by atoms with van der Waals surface area (Å²) >= 11 is 2.38. The minimum atomic E-state index is -4.40. The number of carbonyl (C=O) groups excluding carboxylic acids is 1. The predicted octanol–water partition coefficient (Wildman–Crippen LogP) is 5.23. The number of aromatic nitrogens is 2. The highest BCUT2D eigenvalue weighted by molar-refractivity contribution is 7.93. The molecule has 1 N–H and O–H groups in total. The normalized spacial score (nSPS) is 13.8. The summed E-state index contributed by atoms with van der Waals surface area (Å²) in [7, 11) is -3.86. The van der Waals surface area contributed by atoms with Crippen LogP contribution in [0.1, 0.15) is 22.4 Å². The van der Waals surface area contributed by atoms with Crippen molar-refractivity contribution in [2.75, 3.05) is 9.62 Å². The molecule has 3 heterocycles. The van der Waals surface area contributed by atoms with E-state index in [0.717, 1.165) is 23.5 Å². The number of anilines is 3. The van der Waals surface area contributed by atoms with Crippen molar-refractivity contribution in [1.29, 1.82) is 0 Å². The zero-order valence-electron chi connectivity index (χ0n) is 17.6. The van der Waals surface area contributed by atoms with Gasteiger partial charge in [0.25, 0.3) is 10.0 Å². The molecule has 4 aromatic rings. The Labute approximate surface area is 206 Å². The van der Waals surface area contributed by atoms with Crippen LogP contribution < -0.4 is 9.62 Å². The first-order valence-electron chi connectivity index (χ1n) is 10.1. The fourth-order valence-corrected chi connectivity index (χ4v) is 6.32. The van der Waals surface area contributed by atoms with Gasteiger partial charge in [-0.3, -0.25) is 14.4 Å². The third-order valence-electron chi connectivity index (χ3n) is 5.24. The number of nitrogens with zero attached hydrogens (tertiary/aromatic N) is 3. The highest BCUT2D eigenvalue weighted by Crippen LogP contribution is 2.38. The number of halogens is 3. The van der Waals surface area contributed by atoms with Crippen LogP contribution in [0.15, 0.2) is 64.3 Å². The zero-order valence-corrected chi connectivity index (χ0v) is 20.1. The van der Waals surface area contributed by atoms with Gasteiger partial charge in [-0.25, -0.2) is 18.4 Å². The Morgan fingerprint density at radius 1 is 1.09 bits per heavy atom. The maximum Gasteiger partial charge on any atom is 0.416 e. The van der Waals surface area contributed by atoms with Gasteiger partial charge in [0, 0.05) is 23.4 Å². The molecule has 0 saturated carbocycles. The molecule has 0 saturated heterocycles. The van der Waals surface area contributed by atoms with E-state index in [1.165, 1.54) is 46.7 Å². The van der Waals surface area contributed by atoms with E-state index in [0.29, 0.717) is 34.1 Å². The Morgan fingerprint density at radius 2 is 1.86 bits per heavy atom. The van der Waals surface area contributed by atoms with Crippen LogP contribution in [-0.2, 0) is 33.8 Å².